The lowest BCUT2D eigenvalue weighted by molar-refractivity contribution is -0.146. The van der Waals surface area contributed by atoms with Gasteiger partial charge in [-0.3, -0.25) is 19.0 Å². The van der Waals surface area contributed by atoms with E-state index in [-0.39, 0.29) is 30.9 Å². The van der Waals surface area contributed by atoms with Crippen LogP contribution in [0.4, 0.5) is 0 Å². The number of methoxy groups -OCH3 is 1. The number of carbonyl (C=O) groups is 2. The van der Waals surface area contributed by atoms with Crippen LogP contribution in [0.15, 0.2) is 53.3 Å². The number of hydrogen-bond acceptors (Lipinski definition) is 7. The number of carbonyl (C=O) groups excluding carboxylic acids is 2. The molecule has 1 amide bonds. The number of likely N-dealkylation sites (N-methyl/N-ethyl adjacent to an activating group) is 1. The number of benzene rings is 2. The second kappa shape index (κ2) is 13.0. The molecule has 3 aromatic rings. The number of para-hydroxylation sites is 1. The van der Waals surface area contributed by atoms with Gasteiger partial charge >= 0.3 is 5.97 Å². The maximum absolute atomic E-state index is 13.8. The lowest BCUT2D eigenvalue weighted by Crippen LogP contribution is -2.42. The Kier molecular flexibility index (Phi) is 9.79. The highest BCUT2D eigenvalue weighted by Crippen LogP contribution is 2.27. The quantitative estimate of drug-likeness (QED) is 0.345. The molecule has 0 radical (unpaired) electrons. The summed E-state index contributed by atoms with van der Waals surface area (Å²) in [5, 5.41) is 0.491. The van der Waals surface area contributed by atoms with Crippen LogP contribution in [0.2, 0.25) is 0 Å². The number of hydrogen-bond donors (Lipinski definition) is 0. The molecule has 0 spiro atoms. The maximum atomic E-state index is 13.8. The van der Waals surface area contributed by atoms with Gasteiger partial charge < -0.3 is 19.3 Å². The molecule has 0 aliphatic rings. The van der Waals surface area contributed by atoms with E-state index in [2.05, 4.69) is 0 Å². The molecule has 2 aromatic carbocycles. The lowest BCUT2D eigenvalue weighted by atomic mass is 10.1. The molecule has 1 heterocycles. The molecular formula is C28H36N4O5. The lowest BCUT2D eigenvalue weighted by Gasteiger charge is -2.33. The van der Waals surface area contributed by atoms with Crippen LogP contribution in [0.3, 0.4) is 0 Å². The Labute approximate surface area is 217 Å². The smallest absolute Gasteiger partial charge is 0.306 e. The maximum Gasteiger partial charge on any atom is 0.306 e. The normalized spacial score (nSPS) is 11.9. The predicted molar refractivity (Wildman–Crippen MR) is 143 cm³/mol. The fraction of sp³-hybridized carbons (Fsp3) is 0.429. The summed E-state index contributed by atoms with van der Waals surface area (Å²) in [6.45, 7) is 5.00. The number of amides is 1. The summed E-state index contributed by atoms with van der Waals surface area (Å²) in [5.41, 5.74) is 0.983. The van der Waals surface area contributed by atoms with E-state index in [0.717, 1.165) is 0 Å². The van der Waals surface area contributed by atoms with Gasteiger partial charge in [0.05, 0.1) is 42.8 Å². The van der Waals surface area contributed by atoms with E-state index in [4.69, 9.17) is 14.5 Å². The topological polar surface area (TPSA) is 94.0 Å². The number of aromatic nitrogens is 2. The molecule has 3 rings (SSSR count). The van der Waals surface area contributed by atoms with Crippen molar-refractivity contribution in [3.05, 3.63) is 64.7 Å². The van der Waals surface area contributed by atoms with Gasteiger partial charge in [0.2, 0.25) is 5.91 Å². The van der Waals surface area contributed by atoms with Crippen molar-refractivity contribution in [3.8, 4) is 11.4 Å². The Morgan fingerprint density at radius 3 is 2.32 bits per heavy atom. The van der Waals surface area contributed by atoms with E-state index in [0.29, 0.717) is 47.7 Å². The Morgan fingerprint density at radius 1 is 1.00 bits per heavy atom. The summed E-state index contributed by atoms with van der Waals surface area (Å²) < 4.78 is 11.9. The molecule has 0 N–H and O–H groups in total. The van der Waals surface area contributed by atoms with Crippen LogP contribution in [-0.2, 0) is 14.3 Å². The van der Waals surface area contributed by atoms with Gasteiger partial charge in [-0.25, -0.2) is 4.98 Å². The highest BCUT2D eigenvalue weighted by molar-refractivity contribution is 5.82. The summed E-state index contributed by atoms with van der Waals surface area (Å²) in [4.78, 5) is 47.9. The van der Waals surface area contributed by atoms with E-state index in [9.17, 15) is 14.4 Å². The van der Waals surface area contributed by atoms with Gasteiger partial charge in [0.1, 0.15) is 11.6 Å². The first-order valence-electron chi connectivity index (χ1n) is 12.6. The first kappa shape index (κ1) is 27.9. The van der Waals surface area contributed by atoms with E-state index in [1.54, 1.807) is 59.9 Å². The molecule has 0 aliphatic carbocycles. The first-order chi connectivity index (χ1) is 17.8. The number of nitrogens with zero attached hydrogens (tertiary/aromatic N) is 4. The van der Waals surface area contributed by atoms with Crippen molar-refractivity contribution in [1.82, 2.24) is 19.4 Å². The van der Waals surface area contributed by atoms with Crippen LogP contribution in [-0.4, -0.2) is 72.1 Å². The number of ether oxygens (including phenoxy) is 2. The monoisotopic (exact) mass is 508 g/mol. The number of fused-ring (bicyclic) bond motifs is 1. The third kappa shape index (κ3) is 6.74. The summed E-state index contributed by atoms with van der Waals surface area (Å²) in [6, 6.07) is 13.9. The molecule has 0 saturated carbocycles. The van der Waals surface area contributed by atoms with Crippen molar-refractivity contribution in [2.24, 2.45) is 0 Å². The van der Waals surface area contributed by atoms with Crippen molar-refractivity contribution >= 4 is 22.8 Å². The molecule has 1 aromatic heterocycles. The molecule has 37 heavy (non-hydrogen) atoms. The van der Waals surface area contributed by atoms with Crippen molar-refractivity contribution in [2.45, 2.75) is 39.2 Å². The second-order valence-electron chi connectivity index (χ2n) is 8.95. The van der Waals surface area contributed by atoms with Gasteiger partial charge in [0.15, 0.2) is 0 Å². The Hall–Kier alpha value is -3.72. The van der Waals surface area contributed by atoms with Gasteiger partial charge in [-0.2, -0.15) is 0 Å². The molecule has 0 bridgehead atoms. The van der Waals surface area contributed by atoms with Gasteiger partial charge in [0.25, 0.3) is 5.56 Å². The van der Waals surface area contributed by atoms with E-state index in [1.165, 1.54) is 0 Å². The van der Waals surface area contributed by atoms with Crippen LogP contribution in [0.5, 0.6) is 5.75 Å². The molecular weight excluding hydrogens is 472 g/mol. The summed E-state index contributed by atoms with van der Waals surface area (Å²) in [7, 11) is 5.45. The van der Waals surface area contributed by atoms with E-state index in [1.807, 2.05) is 38.1 Å². The van der Waals surface area contributed by atoms with E-state index < -0.39 is 12.0 Å². The molecule has 1 unspecified atom stereocenters. The van der Waals surface area contributed by atoms with Crippen molar-refractivity contribution in [2.75, 3.05) is 40.9 Å². The average Bonchev–Trinajstić information content (AvgIpc) is 2.90. The SMILES string of the molecule is CCOC(=O)CCC(=O)N(CCN(C)C)C(CC)c1nc2ccccc2c(=O)n1-c1ccc(OC)cc1. The van der Waals surface area contributed by atoms with Crippen molar-refractivity contribution in [3.63, 3.8) is 0 Å². The highest BCUT2D eigenvalue weighted by atomic mass is 16.5. The molecule has 0 aliphatic heterocycles. The van der Waals surface area contributed by atoms with Gasteiger partial charge in [-0.15, -0.1) is 0 Å². The van der Waals surface area contributed by atoms with Crippen LogP contribution in [0, 0.1) is 0 Å². The van der Waals surface area contributed by atoms with Gasteiger partial charge in [0, 0.05) is 19.5 Å². The minimum Gasteiger partial charge on any atom is -0.497 e. The molecule has 0 fully saturated rings. The summed E-state index contributed by atoms with van der Waals surface area (Å²) in [5.74, 6) is 0.543. The molecule has 0 saturated heterocycles. The zero-order valence-electron chi connectivity index (χ0n) is 22.3. The average molecular weight is 509 g/mol. The van der Waals surface area contributed by atoms with Crippen LogP contribution in [0.25, 0.3) is 16.6 Å². The Balaban J connectivity index is 2.14. The predicted octanol–water partition coefficient (Wildman–Crippen LogP) is 3.58. The standard InChI is InChI=1S/C28H36N4O5/c1-6-24(31(19-18-30(3)4)25(33)16-17-26(34)37-7-2)27-29-23-11-9-8-10-22(23)28(35)32(27)20-12-14-21(36-5)15-13-20/h8-15,24H,6-7,16-19H2,1-5H3. The highest BCUT2D eigenvalue weighted by Gasteiger charge is 2.29. The molecule has 9 nitrogen and oxygen atoms in total. The Morgan fingerprint density at radius 2 is 1.70 bits per heavy atom. The Bertz CT molecular complexity index is 1270. The third-order valence-corrected chi connectivity index (χ3v) is 6.15. The van der Waals surface area contributed by atoms with Crippen LogP contribution >= 0.6 is 0 Å². The van der Waals surface area contributed by atoms with Crippen LogP contribution in [0.1, 0.15) is 45.0 Å². The zero-order chi connectivity index (χ0) is 26.9. The number of rotatable bonds is 12. The summed E-state index contributed by atoms with van der Waals surface area (Å²) in [6.07, 6.45) is 0.542. The van der Waals surface area contributed by atoms with Gasteiger partial charge in [-0.1, -0.05) is 19.1 Å². The minimum atomic E-state index is -0.492. The van der Waals surface area contributed by atoms with E-state index >= 15 is 0 Å². The largest absolute Gasteiger partial charge is 0.497 e. The molecule has 198 valence electrons. The third-order valence-electron chi connectivity index (χ3n) is 6.15. The first-order valence-corrected chi connectivity index (χ1v) is 12.6. The fourth-order valence-corrected chi connectivity index (χ4v) is 4.24. The minimum absolute atomic E-state index is 0.00198. The second-order valence-corrected chi connectivity index (χ2v) is 8.95. The number of esters is 1. The van der Waals surface area contributed by atoms with Crippen molar-refractivity contribution in [1.29, 1.82) is 0 Å². The van der Waals surface area contributed by atoms with Crippen LogP contribution < -0.4 is 10.3 Å². The van der Waals surface area contributed by atoms with Crippen molar-refractivity contribution < 1.29 is 19.1 Å². The van der Waals surface area contributed by atoms with Gasteiger partial charge in [-0.05, 0) is 63.8 Å². The fourth-order valence-electron chi connectivity index (χ4n) is 4.24. The molecule has 1 atom stereocenters. The molecule has 9 heteroatoms. The zero-order valence-corrected chi connectivity index (χ0v) is 22.3. The summed E-state index contributed by atoms with van der Waals surface area (Å²) >= 11 is 0.